The monoisotopic (exact) mass is 402 g/mol. The normalized spacial score (nSPS) is 11.6. The molecule has 5 nitrogen and oxygen atoms in total. The minimum Gasteiger partial charge on any atom is -0.345 e. The van der Waals surface area contributed by atoms with E-state index in [-0.39, 0.29) is 27.4 Å². The van der Waals surface area contributed by atoms with E-state index in [1.165, 1.54) is 6.07 Å². The van der Waals surface area contributed by atoms with Gasteiger partial charge in [0, 0.05) is 6.54 Å². The summed E-state index contributed by atoms with van der Waals surface area (Å²) in [6.45, 7) is 4.28. The molecule has 0 aliphatic heterocycles. The fraction of sp³-hybridized carbons (Fsp3) is 0.353. The molecular weight excluding hydrogens is 380 g/mol. The van der Waals surface area contributed by atoms with E-state index in [4.69, 9.17) is 5.73 Å². The van der Waals surface area contributed by atoms with Crippen LogP contribution in [-0.4, -0.2) is 26.4 Å². The van der Waals surface area contributed by atoms with Crippen LogP contribution in [0.15, 0.2) is 51.6 Å². The van der Waals surface area contributed by atoms with Crippen molar-refractivity contribution in [2.45, 2.75) is 41.3 Å². The van der Waals surface area contributed by atoms with Crippen LogP contribution in [0.3, 0.4) is 0 Å². The number of sulfone groups is 1. The maximum atomic E-state index is 12.6. The Hall–Kier alpha value is -1.41. The van der Waals surface area contributed by atoms with E-state index in [2.05, 4.69) is 5.32 Å². The molecule has 0 bridgehead atoms. The van der Waals surface area contributed by atoms with Gasteiger partial charge in [-0.05, 0) is 37.1 Å². The molecule has 138 valence electrons. The standard InChI is InChI=1S/C17H22N2O3S2.ClH/c1-3-17(4-2,12-18)19-16(20)14-10-11-15(23-14)24(21,22)13-8-6-5-7-9-13;/h5-11H,3-4,12,18H2,1-2H3,(H,19,20);1H. The lowest BCUT2D eigenvalue weighted by Gasteiger charge is -2.31. The first-order chi connectivity index (χ1) is 11.4. The maximum absolute atomic E-state index is 12.6. The van der Waals surface area contributed by atoms with Gasteiger partial charge >= 0.3 is 0 Å². The molecular formula is C17H23ClN2O3S2. The molecule has 1 aromatic heterocycles. The van der Waals surface area contributed by atoms with Gasteiger partial charge in [0.25, 0.3) is 5.91 Å². The van der Waals surface area contributed by atoms with Gasteiger partial charge in [-0.15, -0.1) is 23.7 Å². The molecule has 0 atom stereocenters. The van der Waals surface area contributed by atoms with E-state index >= 15 is 0 Å². The summed E-state index contributed by atoms with van der Waals surface area (Å²) >= 11 is 0.974. The summed E-state index contributed by atoms with van der Waals surface area (Å²) in [5.74, 6) is -0.288. The topological polar surface area (TPSA) is 89.3 Å². The highest BCUT2D eigenvalue weighted by atomic mass is 35.5. The molecule has 25 heavy (non-hydrogen) atoms. The number of rotatable bonds is 7. The van der Waals surface area contributed by atoms with Crippen molar-refractivity contribution >= 4 is 39.5 Å². The molecule has 8 heteroatoms. The van der Waals surface area contributed by atoms with Gasteiger partial charge in [-0.2, -0.15) is 0 Å². The summed E-state index contributed by atoms with van der Waals surface area (Å²) in [6, 6.07) is 11.2. The molecule has 1 amide bonds. The number of thiophene rings is 1. The second-order valence-electron chi connectivity index (χ2n) is 5.58. The molecule has 2 rings (SSSR count). The lowest BCUT2D eigenvalue weighted by atomic mass is 9.93. The van der Waals surface area contributed by atoms with Crippen LogP contribution in [0.25, 0.3) is 0 Å². The molecule has 0 spiro atoms. The van der Waals surface area contributed by atoms with Crippen molar-refractivity contribution in [1.82, 2.24) is 5.32 Å². The number of hydrogen-bond acceptors (Lipinski definition) is 5. The predicted molar refractivity (Wildman–Crippen MR) is 103 cm³/mol. The van der Waals surface area contributed by atoms with Gasteiger partial charge in [0.1, 0.15) is 4.21 Å². The second-order valence-corrected chi connectivity index (χ2v) is 8.84. The van der Waals surface area contributed by atoms with E-state index in [1.54, 1.807) is 36.4 Å². The van der Waals surface area contributed by atoms with Gasteiger partial charge in [0.2, 0.25) is 9.84 Å². The van der Waals surface area contributed by atoms with Crippen molar-refractivity contribution in [2.24, 2.45) is 5.73 Å². The van der Waals surface area contributed by atoms with E-state index in [0.717, 1.165) is 11.3 Å². The molecule has 0 radical (unpaired) electrons. The molecule has 2 aromatic rings. The molecule has 1 aromatic carbocycles. The minimum absolute atomic E-state index is 0. The van der Waals surface area contributed by atoms with E-state index in [0.29, 0.717) is 24.3 Å². The van der Waals surface area contributed by atoms with Gasteiger partial charge in [0.05, 0.1) is 15.3 Å². The van der Waals surface area contributed by atoms with Crippen molar-refractivity contribution in [2.75, 3.05) is 6.54 Å². The summed E-state index contributed by atoms with van der Waals surface area (Å²) in [5.41, 5.74) is 5.34. The second kappa shape index (κ2) is 8.80. The highest BCUT2D eigenvalue weighted by Crippen LogP contribution is 2.28. The number of nitrogens with two attached hydrogens (primary N) is 1. The van der Waals surface area contributed by atoms with Crippen molar-refractivity contribution in [3.63, 3.8) is 0 Å². The fourth-order valence-corrected chi connectivity index (χ4v) is 5.00. The van der Waals surface area contributed by atoms with Crippen molar-refractivity contribution in [1.29, 1.82) is 0 Å². The molecule has 0 saturated heterocycles. The summed E-state index contributed by atoms with van der Waals surface area (Å²) in [5, 5.41) is 2.95. The SMILES string of the molecule is CCC(CC)(CN)NC(=O)c1ccc(S(=O)(=O)c2ccccc2)s1.Cl. The lowest BCUT2D eigenvalue weighted by molar-refractivity contribution is 0.0899. The van der Waals surface area contributed by atoms with E-state index < -0.39 is 15.4 Å². The molecule has 0 aliphatic rings. The zero-order valence-corrected chi connectivity index (χ0v) is 16.6. The summed E-state index contributed by atoms with van der Waals surface area (Å²) in [6.07, 6.45) is 1.43. The number of nitrogens with one attached hydrogen (secondary N) is 1. The molecule has 0 saturated carbocycles. The van der Waals surface area contributed by atoms with Crippen LogP contribution in [0, 0.1) is 0 Å². The number of amides is 1. The number of benzene rings is 1. The largest absolute Gasteiger partial charge is 0.345 e. The van der Waals surface area contributed by atoms with Crippen LogP contribution >= 0.6 is 23.7 Å². The van der Waals surface area contributed by atoms with Crippen molar-refractivity contribution < 1.29 is 13.2 Å². The first kappa shape index (κ1) is 21.6. The Morgan fingerprint density at radius 3 is 2.24 bits per heavy atom. The smallest absolute Gasteiger partial charge is 0.261 e. The van der Waals surface area contributed by atoms with E-state index in [1.807, 2.05) is 13.8 Å². The van der Waals surface area contributed by atoms with Crippen LogP contribution in [0.4, 0.5) is 0 Å². The van der Waals surface area contributed by atoms with Gasteiger partial charge in [0.15, 0.2) is 0 Å². The Bertz CT molecular complexity index is 792. The predicted octanol–water partition coefficient (Wildman–Crippen LogP) is 3.25. The molecule has 0 fully saturated rings. The highest BCUT2D eigenvalue weighted by Gasteiger charge is 2.28. The number of carbonyl (C=O) groups excluding carboxylic acids is 1. The first-order valence-corrected chi connectivity index (χ1v) is 10.1. The Morgan fingerprint density at radius 2 is 1.72 bits per heavy atom. The Labute approximate surface area is 159 Å². The quantitative estimate of drug-likeness (QED) is 0.743. The van der Waals surface area contributed by atoms with Gasteiger partial charge in [-0.25, -0.2) is 8.42 Å². The zero-order valence-electron chi connectivity index (χ0n) is 14.2. The average molecular weight is 403 g/mol. The zero-order chi connectivity index (χ0) is 17.8. The Balaban J connectivity index is 0.00000312. The van der Waals surface area contributed by atoms with Crippen LogP contribution in [-0.2, 0) is 9.84 Å². The third-order valence-corrected chi connectivity index (χ3v) is 7.59. The van der Waals surface area contributed by atoms with Gasteiger partial charge in [-0.3, -0.25) is 4.79 Å². The van der Waals surface area contributed by atoms with Crippen LogP contribution in [0.2, 0.25) is 0 Å². The molecule has 0 unspecified atom stereocenters. The third kappa shape index (κ3) is 4.61. The number of halogens is 1. The summed E-state index contributed by atoms with van der Waals surface area (Å²) in [7, 11) is -3.60. The van der Waals surface area contributed by atoms with Crippen LogP contribution in [0.1, 0.15) is 36.4 Å². The molecule has 1 heterocycles. The Kier molecular flexibility index (Phi) is 7.62. The average Bonchev–Trinajstić information content (AvgIpc) is 3.11. The van der Waals surface area contributed by atoms with Gasteiger partial charge < -0.3 is 11.1 Å². The number of hydrogen-bond donors (Lipinski definition) is 2. The van der Waals surface area contributed by atoms with Crippen molar-refractivity contribution in [3.8, 4) is 0 Å². The highest BCUT2D eigenvalue weighted by molar-refractivity contribution is 7.93. The summed E-state index contributed by atoms with van der Waals surface area (Å²) in [4.78, 5) is 13.0. The molecule has 0 aliphatic carbocycles. The maximum Gasteiger partial charge on any atom is 0.261 e. The third-order valence-electron chi connectivity index (χ3n) is 4.25. The minimum atomic E-state index is -3.60. The van der Waals surface area contributed by atoms with Gasteiger partial charge in [-0.1, -0.05) is 32.0 Å². The Morgan fingerprint density at radius 1 is 1.12 bits per heavy atom. The van der Waals surface area contributed by atoms with Crippen molar-refractivity contribution in [3.05, 3.63) is 47.3 Å². The van der Waals surface area contributed by atoms with Crippen LogP contribution < -0.4 is 11.1 Å². The van der Waals surface area contributed by atoms with Crippen LogP contribution in [0.5, 0.6) is 0 Å². The lowest BCUT2D eigenvalue weighted by Crippen LogP contribution is -2.52. The fourth-order valence-electron chi connectivity index (χ4n) is 2.37. The van der Waals surface area contributed by atoms with E-state index in [9.17, 15) is 13.2 Å². The molecule has 3 N–H and O–H groups in total. The number of carbonyl (C=O) groups is 1. The first-order valence-electron chi connectivity index (χ1n) is 7.81. The summed E-state index contributed by atoms with van der Waals surface area (Å²) < 4.78 is 25.3.